The molecule has 0 aliphatic carbocycles. The Labute approximate surface area is 234 Å². The van der Waals surface area contributed by atoms with Crippen molar-refractivity contribution in [3.05, 3.63) is 87.7 Å². The molecule has 0 saturated carbocycles. The first-order chi connectivity index (χ1) is 18.2. The van der Waals surface area contributed by atoms with Gasteiger partial charge in [0, 0.05) is 28.0 Å². The highest BCUT2D eigenvalue weighted by Crippen LogP contribution is 2.33. The first-order valence-electron chi connectivity index (χ1n) is 12.6. The molecule has 0 fully saturated rings. The molecular formula is C30H32ClN3O4S. The number of benzene rings is 3. The van der Waals surface area contributed by atoms with E-state index in [0.717, 1.165) is 39.9 Å². The summed E-state index contributed by atoms with van der Waals surface area (Å²) in [5, 5.41) is 0.539. The van der Waals surface area contributed by atoms with Gasteiger partial charge in [-0.1, -0.05) is 75.7 Å². The van der Waals surface area contributed by atoms with Gasteiger partial charge in [0.2, 0.25) is 10.0 Å². The molecule has 0 saturated heterocycles. The molecule has 3 aromatic carbocycles. The molecule has 0 atom stereocenters. The summed E-state index contributed by atoms with van der Waals surface area (Å²) < 4.78 is 27.3. The third-order valence-electron chi connectivity index (χ3n) is 6.53. The van der Waals surface area contributed by atoms with E-state index in [1.165, 1.54) is 0 Å². The molecule has 4 rings (SSSR count). The second-order valence-corrected chi connectivity index (χ2v) is 12.9. The number of halogens is 1. The zero-order valence-electron chi connectivity index (χ0n) is 22.9. The van der Waals surface area contributed by atoms with Gasteiger partial charge in [-0.2, -0.15) is 0 Å². The second-order valence-electron chi connectivity index (χ2n) is 10.8. The van der Waals surface area contributed by atoms with Crippen LogP contribution in [0.1, 0.15) is 65.4 Å². The fraction of sp³-hybridized carbons (Fsp3) is 0.300. The average Bonchev–Trinajstić information content (AvgIpc) is 3.21. The number of ketones is 1. The minimum absolute atomic E-state index is 0.0573. The van der Waals surface area contributed by atoms with Crippen molar-refractivity contribution in [2.75, 3.05) is 6.26 Å². The highest BCUT2D eigenvalue weighted by Gasteiger charge is 2.25. The van der Waals surface area contributed by atoms with Crippen LogP contribution in [-0.2, 0) is 23.0 Å². The molecule has 204 valence electrons. The average molecular weight is 566 g/mol. The summed E-state index contributed by atoms with van der Waals surface area (Å²) in [6.07, 6.45) is 1.59. The number of imidazole rings is 1. The molecule has 1 aromatic heterocycles. The Morgan fingerprint density at radius 2 is 1.74 bits per heavy atom. The first-order valence-corrected chi connectivity index (χ1v) is 14.9. The quantitative estimate of drug-likeness (QED) is 0.269. The number of rotatable bonds is 7. The van der Waals surface area contributed by atoms with Gasteiger partial charge in [0.15, 0.2) is 5.78 Å². The maximum Gasteiger partial charge on any atom is 0.264 e. The molecular weight excluding hydrogens is 534 g/mol. The van der Waals surface area contributed by atoms with Crippen LogP contribution in [0.15, 0.2) is 54.6 Å². The molecule has 0 aliphatic rings. The maximum atomic E-state index is 13.1. The van der Waals surface area contributed by atoms with Crippen LogP contribution in [0.25, 0.3) is 22.2 Å². The number of aryl methyl sites for hydroxylation is 2. The summed E-state index contributed by atoms with van der Waals surface area (Å²) in [5.74, 6) is 0.177. The minimum atomic E-state index is -3.71. The van der Waals surface area contributed by atoms with Crippen molar-refractivity contribution in [2.45, 2.75) is 47.6 Å². The fourth-order valence-corrected chi connectivity index (χ4v) is 5.29. The predicted molar refractivity (Wildman–Crippen MR) is 156 cm³/mol. The lowest BCUT2D eigenvalue weighted by atomic mass is 9.83. The van der Waals surface area contributed by atoms with Crippen molar-refractivity contribution in [2.24, 2.45) is 5.41 Å². The molecule has 4 aromatic rings. The summed E-state index contributed by atoms with van der Waals surface area (Å²) >= 11 is 6.80. The summed E-state index contributed by atoms with van der Waals surface area (Å²) in [6.45, 7) is 9.95. The van der Waals surface area contributed by atoms with Crippen LogP contribution in [0.2, 0.25) is 5.02 Å². The molecule has 0 bridgehead atoms. The Kier molecular flexibility index (Phi) is 7.74. The van der Waals surface area contributed by atoms with E-state index in [2.05, 4.69) is 0 Å². The van der Waals surface area contributed by atoms with Gasteiger partial charge in [-0.15, -0.1) is 0 Å². The lowest BCUT2D eigenvalue weighted by Gasteiger charge is -2.19. The van der Waals surface area contributed by atoms with Crippen molar-refractivity contribution in [1.82, 2.24) is 14.3 Å². The van der Waals surface area contributed by atoms with Gasteiger partial charge in [-0.3, -0.25) is 9.59 Å². The second kappa shape index (κ2) is 10.6. The molecule has 0 radical (unpaired) electrons. The highest BCUT2D eigenvalue weighted by atomic mass is 35.5. The van der Waals surface area contributed by atoms with Crippen molar-refractivity contribution < 1.29 is 18.0 Å². The summed E-state index contributed by atoms with van der Waals surface area (Å²) in [6, 6.07) is 16.6. The van der Waals surface area contributed by atoms with Crippen molar-refractivity contribution in [3.8, 4) is 11.1 Å². The monoisotopic (exact) mass is 565 g/mol. The van der Waals surface area contributed by atoms with E-state index in [1.54, 1.807) is 12.1 Å². The number of aromatic nitrogens is 2. The Morgan fingerprint density at radius 1 is 1.05 bits per heavy atom. The van der Waals surface area contributed by atoms with Crippen LogP contribution in [0.5, 0.6) is 0 Å². The number of amides is 1. The molecule has 1 N–H and O–H groups in total. The third kappa shape index (κ3) is 6.07. The van der Waals surface area contributed by atoms with E-state index in [0.29, 0.717) is 29.1 Å². The molecule has 1 heterocycles. The number of hydrogen-bond donors (Lipinski definition) is 1. The molecule has 39 heavy (non-hydrogen) atoms. The van der Waals surface area contributed by atoms with Gasteiger partial charge < -0.3 is 4.57 Å². The lowest BCUT2D eigenvalue weighted by molar-refractivity contribution is 0.0858. The molecule has 0 aliphatic heterocycles. The van der Waals surface area contributed by atoms with Crippen LogP contribution in [0, 0.1) is 12.3 Å². The number of carbonyl (C=O) groups excluding carboxylic acids is 2. The zero-order chi connectivity index (χ0) is 28.7. The van der Waals surface area contributed by atoms with Crippen molar-refractivity contribution in [1.29, 1.82) is 0 Å². The van der Waals surface area contributed by atoms with E-state index in [1.807, 2.05) is 86.4 Å². The van der Waals surface area contributed by atoms with E-state index in [9.17, 15) is 18.0 Å². The largest absolute Gasteiger partial charge is 0.323 e. The molecule has 9 heteroatoms. The summed E-state index contributed by atoms with van der Waals surface area (Å²) in [7, 11) is -3.71. The molecule has 0 spiro atoms. The standard InChI is InChI=1S/C30H32ClN3O4S/c1-7-26-32-27-18(2)14-21(29(36)33-39(6,37)38)16-25(27)34(26)17-20-13-12-19(15-24(20)31)22-10-8-9-11-23(22)28(35)30(3,4)5/h8-16H,7,17H2,1-6H3,(H,33,36). The highest BCUT2D eigenvalue weighted by molar-refractivity contribution is 7.89. The van der Waals surface area contributed by atoms with E-state index in [-0.39, 0.29) is 11.3 Å². The van der Waals surface area contributed by atoms with Gasteiger partial charge >= 0.3 is 0 Å². The topological polar surface area (TPSA) is 98.1 Å². The van der Waals surface area contributed by atoms with Crippen LogP contribution in [0.3, 0.4) is 0 Å². The van der Waals surface area contributed by atoms with Gasteiger partial charge in [-0.05, 0) is 47.4 Å². The number of fused-ring (bicyclic) bond motifs is 1. The maximum absolute atomic E-state index is 13.1. The number of carbonyl (C=O) groups is 2. The van der Waals surface area contributed by atoms with E-state index >= 15 is 0 Å². The SMILES string of the molecule is CCc1nc2c(C)cc(C(=O)NS(C)(=O)=O)cc2n1Cc1ccc(-c2ccccc2C(=O)C(C)(C)C)cc1Cl. The van der Waals surface area contributed by atoms with Crippen LogP contribution >= 0.6 is 11.6 Å². The predicted octanol–water partition coefficient (Wildman–Crippen LogP) is 6.19. The number of hydrogen-bond acceptors (Lipinski definition) is 5. The van der Waals surface area contributed by atoms with Gasteiger partial charge in [-0.25, -0.2) is 18.1 Å². The number of sulfonamides is 1. The minimum Gasteiger partial charge on any atom is -0.323 e. The number of nitrogens with zero attached hydrogens (tertiary/aromatic N) is 2. The number of nitrogens with one attached hydrogen (secondary N) is 1. The normalized spacial score (nSPS) is 12.1. The van der Waals surface area contributed by atoms with E-state index < -0.39 is 21.3 Å². The molecule has 7 nitrogen and oxygen atoms in total. The molecule has 1 amide bonds. The smallest absolute Gasteiger partial charge is 0.264 e. The van der Waals surface area contributed by atoms with Crippen molar-refractivity contribution in [3.63, 3.8) is 0 Å². The Bertz CT molecular complexity index is 1720. The lowest BCUT2D eigenvalue weighted by Crippen LogP contribution is -2.29. The Hall–Kier alpha value is -3.49. The Morgan fingerprint density at radius 3 is 2.36 bits per heavy atom. The first kappa shape index (κ1) is 28.5. The fourth-order valence-electron chi connectivity index (χ4n) is 4.60. The van der Waals surface area contributed by atoms with Crippen LogP contribution in [-0.4, -0.2) is 35.9 Å². The van der Waals surface area contributed by atoms with Crippen LogP contribution < -0.4 is 4.72 Å². The third-order valence-corrected chi connectivity index (χ3v) is 7.43. The van der Waals surface area contributed by atoms with Gasteiger partial charge in [0.05, 0.1) is 23.8 Å². The van der Waals surface area contributed by atoms with Crippen LogP contribution in [0.4, 0.5) is 0 Å². The van der Waals surface area contributed by atoms with E-state index in [4.69, 9.17) is 16.6 Å². The van der Waals surface area contributed by atoms with Gasteiger partial charge in [0.25, 0.3) is 5.91 Å². The summed E-state index contributed by atoms with van der Waals surface area (Å²) in [5.41, 5.74) is 5.10. The zero-order valence-corrected chi connectivity index (χ0v) is 24.5. The van der Waals surface area contributed by atoms with Crippen molar-refractivity contribution >= 4 is 44.3 Å². The number of Topliss-reactive ketones (excluding diaryl/α,β-unsaturated/α-hetero) is 1. The Balaban J connectivity index is 1.76. The molecule has 0 unspecified atom stereocenters. The van der Waals surface area contributed by atoms with Gasteiger partial charge in [0.1, 0.15) is 5.82 Å². The summed E-state index contributed by atoms with van der Waals surface area (Å²) in [4.78, 5) is 30.5.